The van der Waals surface area contributed by atoms with Crippen molar-refractivity contribution in [3.05, 3.63) is 59.2 Å². The van der Waals surface area contributed by atoms with Crippen LogP contribution >= 0.6 is 11.3 Å². The summed E-state index contributed by atoms with van der Waals surface area (Å²) in [6.07, 6.45) is 3.64. The van der Waals surface area contributed by atoms with Crippen LogP contribution in [-0.4, -0.2) is 27.9 Å². The van der Waals surface area contributed by atoms with Crippen LogP contribution in [0.1, 0.15) is 36.7 Å². The second-order valence-corrected chi connectivity index (χ2v) is 8.47. The smallest absolute Gasteiger partial charge is 0.253 e. The lowest BCUT2D eigenvalue weighted by Gasteiger charge is -2.20. The number of carbonyl (C=O) groups excluding carboxylic acids is 2. The topological polar surface area (TPSA) is 76.0 Å². The summed E-state index contributed by atoms with van der Waals surface area (Å²) in [5.74, 6) is -0.591. The highest BCUT2D eigenvalue weighted by molar-refractivity contribution is 7.14. The molecule has 2 amide bonds. The summed E-state index contributed by atoms with van der Waals surface area (Å²) in [7, 11) is 0. The molecule has 0 aliphatic carbocycles. The van der Waals surface area contributed by atoms with Crippen molar-refractivity contribution in [3.63, 3.8) is 0 Å². The molecule has 28 heavy (non-hydrogen) atoms. The molecule has 1 aromatic carbocycles. The van der Waals surface area contributed by atoms with Gasteiger partial charge in [-0.25, -0.2) is 4.98 Å². The Kier molecular flexibility index (Phi) is 5.65. The van der Waals surface area contributed by atoms with Crippen molar-refractivity contribution in [3.8, 4) is 11.3 Å². The summed E-state index contributed by atoms with van der Waals surface area (Å²) in [6, 6.07) is 9.78. The first-order valence-corrected chi connectivity index (χ1v) is 9.89. The van der Waals surface area contributed by atoms with Gasteiger partial charge in [-0.2, -0.15) is 0 Å². The minimum Gasteiger partial charge on any atom is -0.348 e. The lowest BCUT2D eigenvalue weighted by atomic mass is 10.1. The minimum absolute atomic E-state index is 0.101. The molecule has 3 rings (SSSR count). The van der Waals surface area contributed by atoms with Crippen LogP contribution in [0, 0.1) is 6.92 Å². The molecule has 6 nitrogen and oxygen atoms in total. The van der Waals surface area contributed by atoms with Gasteiger partial charge in [-0.1, -0.05) is 23.8 Å². The Morgan fingerprint density at radius 2 is 2.00 bits per heavy atom. The first-order chi connectivity index (χ1) is 13.2. The van der Waals surface area contributed by atoms with Gasteiger partial charge in [-0.3, -0.25) is 9.59 Å². The highest BCUT2D eigenvalue weighted by Crippen LogP contribution is 2.25. The molecular formula is C21H24N4O2S. The van der Waals surface area contributed by atoms with Gasteiger partial charge in [0.25, 0.3) is 5.91 Å². The predicted octanol–water partition coefficient (Wildman–Crippen LogP) is 4.04. The van der Waals surface area contributed by atoms with Crippen LogP contribution in [0.15, 0.2) is 48.1 Å². The van der Waals surface area contributed by atoms with E-state index in [9.17, 15) is 9.59 Å². The van der Waals surface area contributed by atoms with Crippen LogP contribution in [0.4, 0.5) is 5.13 Å². The van der Waals surface area contributed by atoms with Crippen molar-refractivity contribution in [2.24, 2.45) is 0 Å². The Morgan fingerprint density at radius 1 is 1.21 bits per heavy atom. The minimum atomic E-state index is -0.311. The molecule has 3 aromatic rings. The quantitative estimate of drug-likeness (QED) is 0.683. The number of benzene rings is 1. The molecule has 0 spiro atoms. The van der Waals surface area contributed by atoms with E-state index in [2.05, 4.69) is 36.4 Å². The zero-order valence-electron chi connectivity index (χ0n) is 16.4. The molecule has 2 heterocycles. The lowest BCUT2D eigenvalue weighted by molar-refractivity contribution is -0.115. The average Bonchev–Trinajstić information content (AvgIpc) is 3.29. The van der Waals surface area contributed by atoms with Crippen molar-refractivity contribution in [1.29, 1.82) is 0 Å². The Hall–Kier alpha value is -2.93. The summed E-state index contributed by atoms with van der Waals surface area (Å²) >= 11 is 1.36. The molecule has 146 valence electrons. The molecule has 0 fully saturated rings. The van der Waals surface area contributed by atoms with Gasteiger partial charge in [0, 0.05) is 28.9 Å². The molecule has 0 saturated heterocycles. The van der Waals surface area contributed by atoms with Crippen molar-refractivity contribution >= 4 is 28.3 Å². The summed E-state index contributed by atoms with van der Waals surface area (Å²) in [5, 5.41) is 7.78. The van der Waals surface area contributed by atoms with E-state index in [1.165, 1.54) is 11.3 Å². The first-order valence-electron chi connectivity index (χ1n) is 9.01. The fourth-order valence-electron chi connectivity index (χ4n) is 2.64. The van der Waals surface area contributed by atoms with Crippen molar-refractivity contribution in [2.45, 2.75) is 33.2 Å². The average molecular weight is 397 g/mol. The molecule has 7 heteroatoms. The second kappa shape index (κ2) is 7.98. The monoisotopic (exact) mass is 396 g/mol. The van der Waals surface area contributed by atoms with E-state index in [1.54, 1.807) is 12.3 Å². The number of thiazole rings is 1. The molecule has 0 saturated carbocycles. The predicted molar refractivity (Wildman–Crippen MR) is 113 cm³/mol. The number of amides is 2. The van der Waals surface area contributed by atoms with E-state index in [1.807, 2.05) is 47.3 Å². The van der Waals surface area contributed by atoms with Crippen LogP contribution in [0.5, 0.6) is 0 Å². The van der Waals surface area contributed by atoms with E-state index in [0.29, 0.717) is 10.7 Å². The van der Waals surface area contributed by atoms with Gasteiger partial charge in [0.2, 0.25) is 5.91 Å². The maximum absolute atomic E-state index is 12.2. The Morgan fingerprint density at radius 3 is 2.68 bits per heavy atom. The molecule has 0 atom stereocenters. The molecule has 0 aliphatic heterocycles. The third kappa shape index (κ3) is 4.86. The van der Waals surface area contributed by atoms with Gasteiger partial charge in [-0.05, 0) is 39.8 Å². The third-order valence-electron chi connectivity index (χ3n) is 4.20. The summed E-state index contributed by atoms with van der Waals surface area (Å²) in [6.45, 7) is 8.08. The van der Waals surface area contributed by atoms with Crippen LogP contribution in [0.3, 0.4) is 0 Å². The van der Waals surface area contributed by atoms with E-state index in [0.717, 1.165) is 16.8 Å². The van der Waals surface area contributed by atoms with E-state index < -0.39 is 0 Å². The standard InChI is InChI=1S/C21H24N4O2S/c1-14-6-5-7-15(10-14)17-13-28-20(23-17)24-18(26)11-22-19(27)16-8-9-25(12-16)21(2,3)4/h5-10,12-13H,11H2,1-4H3,(H,22,27)(H,23,24,26). The molecule has 2 N–H and O–H groups in total. The van der Waals surface area contributed by atoms with Gasteiger partial charge in [0.15, 0.2) is 5.13 Å². The number of aryl methyl sites for hydroxylation is 1. The maximum Gasteiger partial charge on any atom is 0.253 e. The maximum atomic E-state index is 12.2. The fraction of sp³-hybridized carbons (Fsp3) is 0.286. The van der Waals surface area contributed by atoms with Gasteiger partial charge < -0.3 is 15.2 Å². The Bertz CT molecular complexity index is 998. The highest BCUT2D eigenvalue weighted by atomic mass is 32.1. The third-order valence-corrected chi connectivity index (χ3v) is 4.96. The molecule has 0 radical (unpaired) electrons. The molecule has 0 bridgehead atoms. The van der Waals surface area contributed by atoms with E-state index in [4.69, 9.17) is 0 Å². The number of aromatic nitrogens is 2. The molecule has 0 aliphatic rings. The Balaban J connectivity index is 1.55. The zero-order chi connectivity index (χ0) is 20.3. The van der Waals surface area contributed by atoms with Crippen LogP contribution in [0.2, 0.25) is 0 Å². The van der Waals surface area contributed by atoms with Gasteiger partial charge in [0.1, 0.15) is 0 Å². The number of rotatable bonds is 5. The van der Waals surface area contributed by atoms with Crippen molar-refractivity contribution in [1.82, 2.24) is 14.9 Å². The molecule has 2 aromatic heterocycles. The van der Waals surface area contributed by atoms with Crippen LogP contribution in [-0.2, 0) is 10.3 Å². The first kappa shape index (κ1) is 19.8. The van der Waals surface area contributed by atoms with Gasteiger partial charge in [-0.15, -0.1) is 11.3 Å². The normalized spacial score (nSPS) is 11.3. The van der Waals surface area contributed by atoms with Gasteiger partial charge >= 0.3 is 0 Å². The zero-order valence-corrected chi connectivity index (χ0v) is 17.3. The van der Waals surface area contributed by atoms with Crippen LogP contribution in [0.25, 0.3) is 11.3 Å². The second-order valence-electron chi connectivity index (χ2n) is 7.62. The number of carbonyl (C=O) groups is 2. The summed E-state index contributed by atoms with van der Waals surface area (Å²) in [4.78, 5) is 28.8. The van der Waals surface area contributed by atoms with Crippen LogP contribution < -0.4 is 10.6 Å². The Labute approximate surface area is 168 Å². The summed E-state index contributed by atoms with van der Waals surface area (Å²) in [5.41, 5.74) is 3.40. The molecular weight excluding hydrogens is 372 g/mol. The van der Waals surface area contributed by atoms with Crippen molar-refractivity contribution in [2.75, 3.05) is 11.9 Å². The van der Waals surface area contributed by atoms with E-state index in [-0.39, 0.29) is 23.9 Å². The number of hydrogen-bond donors (Lipinski definition) is 2. The number of hydrogen-bond acceptors (Lipinski definition) is 4. The largest absolute Gasteiger partial charge is 0.348 e. The van der Waals surface area contributed by atoms with Crippen molar-refractivity contribution < 1.29 is 9.59 Å². The van der Waals surface area contributed by atoms with E-state index >= 15 is 0 Å². The number of nitrogens with one attached hydrogen (secondary N) is 2. The SMILES string of the molecule is Cc1cccc(-c2csc(NC(=O)CNC(=O)c3ccn(C(C)(C)C)c3)n2)c1. The lowest BCUT2D eigenvalue weighted by Crippen LogP contribution is -2.32. The van der Waals surface area contributed by atoms with Gasteiger partial charge in [0.05, 0.1) is 17.8 Å². The summed E-state index contributed by atoms with van der Waals surface area (Å²) < 4.78 is 1.96. The number of nitrogens with zero attached hydrogens (tertiary/aromatic N) is 2. The fourth-order valence-corrected chi connectivity index (χ4v) is 3.38. The molecule has 0 unspecified atom stereocenters. The number of anilines is 1. The highest BCUT2D eigenvalue weighted by Gasteiger charge is 2.16.